The van der Waals surface area contributed by atoms with E-state index in [9.17, 15) is 0 Å². The predicted molar refractivity (Wildman–Crippen MR) is 108 cm³/mol. The van der Waals surface area contributed by atoms with Crippen LogP contribution in [0.25, 0.3) is 0 Å². The van der Waals surface area contributed by atoms with Crippen molar-refractivity contribution >= 4 is 13.6 Å². The maximum atomic E-state index is 8.00. The summed E-state index contributed by atoms with van der Waals surface area (Å²) < 4.78 is 5.14. The summed E-state index contributed by atoms with van der Waals surface area (Å²) in [6, 6.07) is 21.1. The molecule has 1 aliphatic carbocycles. The van der Waals surface area contributed by atoms with Crippen molar-refractivity contribution in [3.8, 4) is 0 Å². The van der Waals surface area contributed by atoms with E-state index in [-0.39, 0.29) is 6.10 Å². The van der Waals surface area contributed by atoms with E-state index in [1.54, 1.807) is 7.11 Å². The van der Waals surface area contributed by atoms with Gasteiger partial charge in [-0.15, -0.1) is 0 Å². The topological polar surface area (TPSA) is 43.4 Å². The molecule has 0 heterocycles. The van der Waals surface area contributed by atoms with Crippen molar-refractivity contribution in [2.75, 3.05) is 7.11 Å². The molecule has 1 aliphatic rings. The van der Waals surface area contributed by atoms with Gasteiger partial charge in [-0.2, -0.15) is 0 Å². The van der Waals surface area contributed by atoms with E-state index in [0.29, 0.717) is 0 Å². The van der Waals surface area contributed by atoms with Crippen LogP contribution in [0.5, 0.6) is 0 Å². The lowest BCUT2D eigenvalue weighted by molar-refractivity contribution is -0.0987. The zero-order chi connectivity index (χ0) is 19.9. The van der Waals surface area contributed by atoms with Gasteiger partial charge in [0.25, 0.3) is 0 Å². The molecular weight excluding hydrogens is 324 g/mol. The summed E-state index contributed by atoms with van der Waals surface area (Å²) in [5, 5.41) is 0. The van der Waals surface area contributed by atoms with Gasteiger partial charge < -0.3 is 14.3 Å². The van der Waals surface area contributed by atoms with Gasteiger partial charge in [0.2, 0.25) is 0 Å². The molecule has 0 radical (unpaired) electrons. The highest BCUT2D eigenvalue weighted by Gasteiger charge is 2.35. The molecule has 3 rings (SSSR count). The highest BCUT2D eigenvalue weighted by Crippen LogP contribution is 2.46. The van der Waals surface area contributed by atoms with Crippen molar-refractivity contribution in [3.05, 3.63) is 71.8 Å². The number of methoxy groups -OCH3 is 1. The highest BCUT2D eigenvalue weighted by molar-refractivity contribution is 5.23. The lowest BCUT2D eigenvalue weighted by Gasteiger charge is -2.41. The second-order valence-electron chi connectivity index (χ2n) is 6.42. The molecule has 2 aromatic rings. The molecule has 2 unspecified atom stereocenters. The molecule has 0 saturated heterocycles. The molecule has 0 aromatic heterocycles. The van der Waals surface area contributed by atoms with Gasteiger partial charge in [-0.25, -0.2) is 0 Å². The Hall–Kier alpha value is -2.26. The van der Waals surface area contributed by atoms with E-state index in [1.807, 2.05) is 38.7 Å². The molecule has 3 nitrogen and oxygen atoms in total. The van der Waals surface area contributed by atoms with Crippen LogP contribution in [0.4, 0.5) is 0 Å². The van der Waals surface area contributed by atoms with Gasteiger partial charge in [-0.1, -0.05) is 74.5 Å². The third kappa shape index (κ3) is 7.32. The lowest BCUT2D eigenvalue weighted by atomic mass is 9.64. The maximum Gasteiger partial charge on any atom is 0.106 e. The zero-order valence-corrected chi connectivity index (χ0v) is 16.4. The van der Waals surface area contributed by atoms with Gasteiger partial charge in [0, 0.05) is 7.11 Å². The lowest BCUT2D eigenvalue weighted by Crippen LogP contribution is -2.30. The Bertz CT molecular complexity index is 561. The standard InChI is InChI=1S/C12H16.C9H12O.2CH2O/c1-9-8-10(2)12(9)11-6-4-3-5-7-11;1-8(10-2)9-6-4-3-5-7-9;2*1-2/h3-7,9-10,12H,8H2,1-2H3;3-8H,1-2H3;2*1H2/t9-,10+,12?;;;. The second kappa shape index (κ2) is 14.0. The maximum absolute atomic E-state index is 8.00. The Balaban J connectivity index is 0.000000409. The number of carbonyl (C=O) groups is 2. The number of benzene rings is 2. The van der Waals surface area contributed by atoms with Gasteiger partial charge in [0.15, 0.2) is 0 Å². The van der Waals surface area contributed by atoms with E-state index in [4.69, 9.17) is 14.3 Å². The fourth-order valence-corrected chi connectivity index (χ4v) is 3.44. The average Bonchev–Trinajstić information content (AvgIpc) is 2.72. The summed E-state index contributed by atoms with van der Waals surface area (Å²) in [6.07, 6.45) is 1.61. The molecule has 1 fully saturated rings. The van der Waals surface area contributed by atoms with E-state index < -0.39 is 0 Å². The summed E-state index contributed by atoms with van der Waals surface area (Å²) in [7, 11) is 1.72. The van der Waals surface area contributed by atoms with E-state index in [1.165, 1.54) is 17.5 Å². The van der Waals surface area contributed by atoms with Crippen LogP contribution in [-0.2, 0) is 14.3 Å². The van der Waals surface area contributed by atoms with Gasteiger partial charge in [-0.3, -0.25) is 0 Å². The fraction of sp³-hybridized carbons (Fsp3) is 0.391. The van der Waals surface area contributed by atoms with E-state index >= 15 is 0 Å². The molecule has 2 aromatic carbocycles. The molecule has 1 saturated carbocycles. The van der Waals surface area contributed by atoms with Crippen LogP contribution in [0.2, 0.25) is 0 Å². The molecule has 26 heavy (non-hydrogen) atoms. The van der Waals surface area contributed by atoms with Crippen LogP contribution < -0.4 is 0 Å². The number of ether oxygens (including phenoxy) is 1. The number of hydrogen-bond donors (Lipinski definition) is 0. The summed E-state index contributed by atoms with van der Waals surface area (Å²) in [5.41, 5.74) is 2.76. The van der Waals surface area contributed by atoms with Crippen LogP contribution in [0.15, 0.2) is 60.7 Å². The van der Waals surface area contributed by atoms with Crippen molar-refractivity contribution in [2.45, 2.75) is 39.2 Å². The highest BCUT2D eigenvalue weighted by atomic mass is 16.5. The first-order chi connectivity index (χ1) is 12.6. The van der Waals surface area contributed by atoms with E-state index in [0.717, 1.165) is 17.8 Å². The first-order valence-electron chi connectivity index (χ1n) is 8.84. The van der Waals surface area contributed by atoms with E-state index in [2.05, 4.69) is 56.3 Å². The average molecular weight is 357 g/mol. The Morgan fingerprint density at radius 2 is 1.27 bits per heavy atom. The predicted octanol–water partition coefficient (Wildman–Crippen LogP) is 5.47. The van der Waals surface area contributed by atoms with Crippen molar-refractivity contribution in [3.63, 3.8) is 0 Å². The third-order valence-electron chi connectivity index (χ3n) is 4.78. The van der Waals surface area contributed by atoms with Crippen molar-refractivity contribution in [1.29, 1.82) is 0 Å². The molecule has 0 N–H and O–H groups in total. The Labute approximate surface area is 158 Å². The van der Waals surface area contributed by atoms with Crippen LogP contribution in [0.3, 0.4) is 0 Å². The van der Waals surface area contributed by atoms with Crippen LogP contribution in [0.1, 0.15) is 50.3 Å². The quantitative estimate of drug-likeness (QED) is 0.732. The molecule has 0 amide bonds. The normalized spacial score (nSPS) is 21.2. The largest absolute Gasteiger partial charge is 0.377 e. The minimum absolute atomic E-state index is 0.209. The zero-order valence-electron chi connectivity index (χ0n) is 16.4. The molecule has 3 heteroatoms. The number of rotatable bonds is 3. The first kappa shape index (κ1) is 23.7. The fourth-order valence-electron chi connectivity index (χ4n) is 3.44. The minimum atomic E-state index is 0.209. The molecule has 4 atom stereocenters. The second-order valence-corrected chi connectivity index (χ2v) is 6.42. The summed E-state index contributed by atoms with van der Waals surface area (Å²) in [5.74, 6) is 2.61. The Morgan fingerprint density at radius 1 is 0.846 bits per heavy atom. The van der Waals surface area contributed by atoms with Crippen LogP contribution >= 0.6 is 0 Å². The number of carbonyl (C=O) groups excluding carboxylic acids is 2. The van der Waals surface area contributed by atoms with Crippen molar-refractivity contribution in [2.24, 2.45) is 11.8 Å². The van der Waals surface area contributed by atoms with Crippen LogP contribution in [-0.4, -0.2) is 20.7 Å². The third-order valence-corrected chi connectivity index (χ3v) is 4.78. The first-order valence-corrected chi connectivity index (χ1v) is 8.84. The summed E-state index contributed by atoms with van der Waals surface area (Å²) in [6.45, 7) is 10.8. The molecular formula is C23H32O3. The van der Waals surface area contributed by atoms with Gasteiger partial charge in [-0.05, 0) is 42.2 Å². The van der Waals surface area contributed by atoms with Gasteiger partial charge >= 0.3 is 0 Å². The Kier molecular flexibility index (Phi) is 12.8. The minimum Gasteiger partial charge on any atom is -0.377 e. The number of hydrogen-bond acceptors (Lipinski definition) is 3. The Morgan fingerprint density at radius 3 is 1.65 bits per heavy atom. The van der Waals surface area contributed by atoms with Crippen molar-refractivity contribution < 1.29 is 14.3 Å². The van der Waals surface area contributed by atoms with Crippen LogP contribution in [0, 0.1) is 11.8 Å². The summed E-state index contributed by atoms with van der Waals surface area (Å²) in [4.78, 5) is 16.0. The van der Waals surface area contributed by atoms with Gasteiger partial charge in [0.1, 0.15) is 13.6 Å². The monoisotopic (exact) mass is 356 g/mol. The van der Waals surface area contributed by atoms with Gasteiger partial charge in [0.05, 0.1) is 6.10 Å². The smallest absolute Gasteiger partial charge is 0.106 e. The van der Waals surface area contributed by atoms with Crippen molar-refractivity contribution in [1.82, 2.24) is 0 Å². The molecule has 0 aliphatic heterocycles. The SMILES string of the molecule is C=O.C=O.COC(C)c1ccccc1.C[C@@H]1C[C@H](C)C1c1ccccc1. The molecule has 0 bridgehead atoms. The molecule has 0 spiro atoms. The summed E-state index contributed by atoms with van der Waals surface area (Å²) >= 11 is 0. The molecule has 142 valence electrons.